The monoisotopic (exact) mass is 276 g/mol. The molecular formula is C15H20N2O3. The average Bonchev–Trinajstić information content (AvgIpc) is 2.97. The van der Waals surface area contributed by atoms with Crippen molar-refractivity contribution in [3.05, 3.63) is 35.9 Å². The summed E-state index contributed by atoms with van der Waals surface area (Å²) in [5.41, 5.74) is 1.00. The summed E-state index contributed by atoms with van der Waals surface area (Å²) in [5, 5.41) is 11.8. The molecule has 0 saturated heterocycles. The second-order valence-electron chi connectivity index (χ2n) is 5.10. The molecule has 1 aliphatic carbocycles. The molecule has 1 fully saturated rings. The molecule has 20 heavy (non-hydrogen) atoms. The van der Waals surface area contributed by atoms with E-state index in [9.17, 15) is 9.59 Å². The minimum atomic E-state index is -0.966. The van der Waals surface area contributed by atoms with Crippen LogP contribution >= 0.6 is 0 Å². The molecule has 5 heteroatoms. The van der Waals surface area contributed by atoms with Gasteiger partial charge in [-0.3, -0.25) is 4.79 Å². The molecule has 2 N–H and O–H groups in total. The smallest absolute Gasteiger partial charge is 0.323 e. The average molecular weight is 276 g/mol. The van der Waals surface area contributed by atoms with Crippen LogP contribution in [0.4, 0.5) is 4.79 Å². The van der Waals surface area contributed by atoms with E-state index in [1.54, 1.807) is 0 Å². The molecule has 2 rings (SSSR count). The van der Waals surface area contributed by atoms with Gasteiger partial charge in [0.15, 0.2) is 0 Å². The minimum Gasteiger partial charge on any atom is -0.480 e. The van der Waals surface area contributed by atoms with E-state index < -0.39 is 5.97 Å². The van der Waals surface area contributed by atoms with Crippen molar-refractivity contribution in [3.63, 3.8) is 0 Å². The molecule has 1 aromatic rings. The van der Waals surface area contributed by atoms with Gasteiger partial charge in [-0.1, -0.05) is 43.2 Å². The van der Waals surface area contributed by atoms with Crippen molar-refractivity contribution in [1.82, 2.24) is 10.2 Å². The number of hydrogen-bond acceptors (Lipinski definition) is 2. The Morgan fingerprint density at radius 1 is 1.20 bits per heavy atom. The van der Waals surface area contributed by atoms with Crippen molar-refractivity contribution in [2.45, 2.75) is 38.3 Å². The maximum atomic E-state index is 12.2. The maximum absolute atomic E-state index is 12.2. The zero-order valence-corrected chi connectivity index (χ0v) is 11.4. The van der Waals surface area contributed by atoms with Gasteiger partial charge in [-0.2, -0.15) is 0 Å². The van der Waals surface area contributed by atoms with Crippen LogP contribution in [0.2, 0.25) is 0 Å². The number of carbonyl (C=O) groups excluding carboxylic acids is 1. The second-order valence-corrected chi connectivity index (χ2v) is 5.10. The van der Waals surface area contributed by atoms with E-state index >= 15 is 0 Å². The SMILES string of the molecule is O=C(O)CN(C(=O)NCc1ccccc1)C1CCCC1. The molecule has 2 amide bonds. The summed E-state index contributed by atoms with van der Waals surface area (Å²) in [7, 11) is 0. The highest BCUT2D eigenvalue weighted by Crippen LogP contribution is 2.23. The molecule has 5 nitrogen and oxygen atoms in total. The van der Waals surface area contributed by atoms with Gasteiger partial charge in [0.2, 0.25) is 0 Å². The number of aliphatic carboxylic acids is 1. The third-order valence-corrected chi connectivity index (χ3v) is 3.62. The molecule has 0 aliphatic heterocycles. The molecule has 1 aliphatic rings. The summed E-state index contributed by atoms with van der Waals surface area (Å²) >= 11 is 0. The van der Waals surface area contributed by atoms with Gasteiger partial charge in [0.25, 0.3) is 0 Å². The van der Waals surface area contributed by atoms with Crippen LogP contribution in [-0.4, -0.2) is 34.6 Å². The van der Waals surface area contributed by atoms with Gasteiger partial charge >= 0.3 is 12.0 Å². The van der Waals surface area contributed by atoms with Crippen molar-refractivity contribution in [2.24, 2.45) is 0 Å². The zero-order chi connectivity index (χ0) is 14.4. The fourth-order valence-corrected chi connectivity index (χ4v) is 2.60. The van der Waals surface area contributed by atoms with E-state index in [0.29, 0.717) is 6.54 Å². The van der Waals surface area contributed by atoms with Gasteiger partial charge in [-0.25, -0.2) is 4.79 Å². The topological polar surface area (TPSA) is 69.6 Å². The van der Waals surface area contributed by atoms with Crippen LogP contribution in [0.25, 0.3) is 0 Å². The number of carbonyl (C=O) groups is 2. The Kier molecular flexibility index (Phi) is 4.98. The van der Waals surface area contributed by atoms with Gasteiger partial charge in [-0.15, -0.1) is 0 Å². The Morgan fingerprint density at radius 3 is 2.45 bits per heavy atom. The van der Waals surface area contributed by atoms with Gasteiger partial charge < -0.3 is 15.3 Å². The van der Waals surface area contributed by atoms with E-state index in [-0.39, 0.29) is 18.6 Å². The van der Waals surface area contributed by atoms with Crippen LogP contribution in [0, 0.1) is 0 Å². The van der Waals surface area contributed by atoms with Crippen molar-refractivity contribution in [3.8, 4) is 0 Å². The predicted molar refractivity (Wildman–Crippen MR) is 75.3 cm³/mol. The quantitative estimate of drug-likeness (QED) is 0.866. The highest BCUT2D eigenvalue weighted by Gasteiger charge is 2.28. The van der Waals surface area contributed by atoms with Crippen LogP contribution in [0.3, 0.4) is 0 Å². The Bertz CT molecular complexity index is 455. The Labute approximate surface area is 118 Å². The Hall–Kier alpha value is -2.04. The van der Waals surface area contributed by atoms with Gasteiger partial charge in [-0.05, 0) is 18.4 Å². The molecule has 1 saturated carbocycles. The molecule has 0 heterocycles. The normalized spacial score (nSPS) is 15.0. The fraction of sp³-hybridized carbons (Fsp3) is 0.467. The van der Waals surface area contributed by atoms with E-state index in [0.717, 1.165) is 31.2 Å². The van der Waals surface area contributed by atoms with Crippen molar-refractivity contribution in [1.29, 1.82) is 0 Å². The Morgan fingerprint density at radius 2 is 1.85 bits per heavy atom. The molecule has 0 unspecified atom stereocenters. The first-order chi connectivity index (χ1) is 9.66. The number of carboxylic acids is 1. The minimum absolute atomic E-state index is 0.0573. The van der Waals surface area contributed by atoms with Crippen LogP contribution in [0.5, 0.6) is 0 Å². The molecule has 0 spiro atoms. The highest BCUT2D eigenvalue weighted by molar-refractivity contribution is 5.80. The molecule has 0 atom stereocenters. The third kappa shape index (κ3) is 3.98. The van der Waals surface area contributed by atoms with E-state index in [1.807, 2.05) is 30.3 Å². The van der Waals surface area contributed by atoms with Crippen molar-refractivity contribution < 1.29 is 14.7 Å². The molecular weight excluding hydrogens is 256 g/mol. The predicted octanol–water partition coefficient (Wildman–Crippen LogP) is 2.23. The van der Waals surface area contributed by atoms with E-state index in [4.69, 9.17) is 5.11 Å². The fourth-order valence-electron chi connectivity index (χ4n) is 2.60. The first-order valence-electron chi connectivity index (χ1n) is 6.97. The number of hydrogen-bond donors (Lipinski definition) is 2. The maximum Gasteiger partial charge on any atom is 0.323 e. The Balaban J connectivity index is 1.93. The first-order valence-corrected chi connectivity index (χ1v) is 6.97. The lowest BCUT2D eigenvalue weighted by molar-refractivity contribution is -0.138. The largest absolute Gasteiger partial charge is 0.480 e. The number of nitrogens with zero attached hydrogens (tertiary/aromatic N) is 1. The first kappa shape index (κ1) is 14.4. The molecule has 0 bridgehead atoms. The lowest BCUT2D eigenvalue weighted by atomic mass is 10.2. The standard InChI is InChI=1S/C15H20N2O3/c18-14(19)11-17(13-8-4-5-9-13)15(20)16-10-12-6-2-1-3-7-12/h1-3,6-7,13H,4-5,8-11H2,(H,16,20)(H,18,19). The number of nitrogens with one attached hydrogen (secondary N) is 1. The summed E-state index contributed by atoms with van der Waals surface area (Å²) in [6.07, 6.45) is 3.91. The zero-order valence-electron chi connectivity index (χ0n) is 11.4. The molecule has 0 aromatic heterocycles. The van der Waals surface area contributed by atoms with Crippen LogP contribution < -0.4 is 5.32 Å². The van der Waals surface area contributed by atoms with E-state index in [1.165, 1.54) is 4.90 Å². The lowest BCUT2D eigenvalue weighted by Crippen LogP contribution is -2.47. The van der Waals surface area contributed by atoms with Crippen LogP contribution in [0.15, 0.2) is 30.3 Å². The van der Waals surface area contributed by atoms with Gasteiger partial charge in [0.1, 0.15) is 6.54 Å². The van der Waals surface area contributed by atoms with Gasteiger partial charge in [0, 0.05) is 12.6 Å². The van der Waals surface area contributed by atoms with E-state index in [2.05, 4.69) is 5.32 Å². The summed E-state index contributed by atoms with van der Waals surface area (Å²) in [6.45, 7) is 0.188. The van der Waals surface area contributed by atoms with Crippen LogP contribution in [-0.2, 0) is 11.3 Å². The van der Waals surface area contributed by atoms with Crippen molar-refractivity contribution >= 4 is 12.0 Å². The second kappa shape index (κ2) is 6.93. The lowest BCUT2D eigenvalue weighted by Gasteiger charge is -2.27. The summed E-state index contributed by atoms with van der Waals surface area (Å²) in [5.74, 6) is -0.966. The molecule has 1 aromatic carbocycles. The number of carboxylic acid groups (broad SMARTS) is 1. The number of urea groups is 1. The van der Waals surface area contributed by atoms with Gasteiger partial charge in [0.05, 0.1) is 0 Å². The number of amides is 2. The molecule has 0 radical (unpaired) electrons. The van der Waals surface area contributed by atoms with Crippen molar-refractivity contribution in [2.75, 3.05) is 6.54 Å². The summed E-state index contributed by atoms with van der Waals surface area (Å²) in [6, 6.07) is 9.36. The number of benzene rings is 1. The third-order valence-electron chi connectivity index (χ3n) is 3.62. The summed E-state index contributed by atoms with van der Waals surface area (Å²) in [4.78, 5) is 24.6. The summed E-state index contributed by atoms with van der Waals surface area (Å²) < 4.78 is 0. The highest BCUT2D eigenvalue weighted by atomic mass is 16.4. The van der Waals surface area contributed by atoms with Crippen LogP contribution in [0.1, 0.15) is 31.2 Å². The number of rotatable bonds is 5. The molecule has 108 valence electrons.